The molecule has 1 nitrogen and oxygen atoms in total. The van der Waals surface area contributed by atoms with Crippen LogP contribution in [0.25, 0.3) is 6.08 Å². The second-order valence-corrected chi connectivity index (χ2v) is 3.00. The molecule has 68 valence electrons. The van der Waals surface area contributed by atoms with Crippen molar-refractivity contribution in [2.24, 2.45) is 5.73 Å². The van der Waals surface area contributed by atoms with Gasteiger partial charge in [0.15, 0.2) is 0 Å². The van der Waals surface area contributed by atoms with Crippen molar-refractivity contribution in [1.82, 2.24) is 0 Å². The largest absolute Gasteiger partial charge is 0.399 e. The van der Waals surface area contributed by atoms with Crippen molar-refractivity contribution in [1.29, 1.82) is 0 Å². The first-order valence-electron chi connectivity index (χ1n) is 4.43. The van der Waals surface area contributed by atoms with Crippen LogP contribution in [0.1, 0.15) is 18.1 Å². The van der Waals surface area contributed by atoms with Gasteiger partial charge in [-0.1, -0.05) is 43.8 Å². The molecule has 0 heterocycles. The van der Waals surface area contributed by atoms with Gasteiger partial charge in [-0.2, -0.15) is 0 Å². The van der Waals surface area contributed by atoms with Gasteiger partial charge in [0.05, 0.1) is 0 Å². The Bertz CT molecular complexity index is 306. The summed E-state index contributed by atoms with van der Waals surface area (Å²) >= 11 is 0. The van der Waals surface area contributed by atoms with E-state index in [1.165, 1.54) is 5.56 Å². The van der Waals surface area contributed by atoms with Gasteiger partial charge in [-0.3, -0.25) is 0 Å². The van der Waals surface area contributed by atoms with Crippen LogP contribution in [0.3, 0.4) is 0 Å². The number of hydrogen-bond donors (Lipinski definition) is 1. The van der Waals surface area contributed by atoms with Gasteiger partial charge >= 0.3 is 0 Å². The smallest absolute Gasteiger partial charge is 0.0241 e. The second-order valence-electron chi connectivity index (χ2n) is 3.00. The molecule has 2 N–H and O–H groups in total. The van der Waals surface area contributed by atoms with Gasteiger partial charge in [0.1, 0.15) is 0 Å². The fourth-order valence-electron chi connectivity index (χ4n) is 1.07. The molecular weight excluding hydrogens is 158 g/mol. The summed E-state index contributed by atoms with van der Waals surface area (Å²) in [5.41, 5.74) is 8.50. The van der Waals surface area contributed by atoms with Crippen LogP contribution in [0.15, 0.2) is 42.6 Å². The highest BCUT2D eigenvalue weighted by Gasteiger charge is 1.88. The molecule has 0 aliphatic heterocycles. The molecule has 0 aliphatic rings. The molecule has 0 unspecified atom stereocenters. The summed E-state index contributed by atoms with van der Waals surface area (Å²) in [6.45, 7) is 5.74. The number of nitrogens with two attached hydrogens (primary N) is 1. The molecule has 13 heavy (non-hydrogen) atoms. The van der Waals surface area contributed by atoms with E-state index in [0.717, 1.165) is 12.0 Å². The number of benzene rings is 1. The zero-order chi connectivity index (χ0) is 9.68. The summed E-state index contributed by atoms with van der Waals surface area (Å²) < 4.78 is 0. The Morgan fingerprint density at radius 3 is 2.46 bits per heavy atom. The molecule has 0 fully saturated rings. The van der Waals surface area contributed by atoms with Crippen molar-refractivity contribution in [2.45, 2.75) is 13.3 Å². The van der Waals surface area contributed by atoms with Crippen LogP contribution < -0.4 is 5.73 Å². The zero-order valence-corrected chi connectivity index (χ0v) is 7.96. The Morgan fingerprint density at radius 1 is 1.38 bits per heavy atom. The van der Waals surface area contributed by atoms with Crippen LogP contribution in [0.2, 0.25) is 0 Å². The van der Waals surface area contributed by atoms with E-state index in [1.807, 2.05) is 6.08 Å². The monoisotopic (exact) mass is 173 g/mol. The first-order valence-corrected chi connectivity index (χ1v) is 4.43. The predicted octanol–water partition coefficient (Wildman–Crippen LogP) is 2.73. The number of rotatable bonds is 3. The van der Waals surface area contributed by atoms with E-state index in [4.69, 9.17) is 5.73 Å². The van der Waals surface area contributed by atoms with Gasteiger partial charge in [-0.15, -0.1) is 0 Å². The standard InChI is InChI=1S/C12H15N/c1-3-11-6-8-12(9-7-11)5-4-10(2)13/h4-9H,2-3,13H2,1H3/b5-4+. The van der Waals surface area contributed by atoms with E-state index in [-0.39, 0.29) is 0 Å². The lowest BCUT2D eigenvalue weighted by molar-refractivity contribution is 1.14. The average molecular weight is 173 g/mol. The van der Waals surface area contributed by atoms with Gasteiger partial charge in [0.25, 0.3) is 0 Å². The van der Waals surface area contributed by atoms with Crippen molar-refractivity contribution in [2.75, 3.05) is 0 Å². The van der Waals surface area contributed by atoms with E-state index in [1.54, 1.807) is 6.08 Å². The highest BCUT2D eigenvalue weighted by Crippen LogP contribution is 2.06. The van der Waals surface area contributed by atoms with Gasteiger partial charge in [0, 0.05) is 5.70 Å². The number of hydrogen-bond acceptors (Lipinski definition) is 1. The molecule has 0 spiro atoms. The summed E-state index contributed by atoms with van der Waals surface area (Å²) in [5.74, 6) is 0. The van der Waals surface area contributed by atoms with Gasteiger partial charge in [-0.05, 0) is 23.6 Å². The topological polar surface area (TPSA) is 26.0 Å². The van der Waals surface area contributed by atoms with Gasteiger partial charge in [-0.25, -0.2) is 0 Å². The van der Waals surface area contributed by atoms with Crippen LogP contribution in [0, 0.1) is 0 Å². The lowest BCUT2D eigenvalue weighted by Gasteiger charge is -1.96. The molecular formula is C12H15N. The van der Waals surface area contributed by atoms with E-state index in [9.17, 15) is 0 Å². The third-order valence-corrected chi connectivity index (χ3v) is 1.88. The Hall–Kier alpha value is -1.50. The number of aryl methyl sites for hydroxylation is 1. The lowest BCUT2D eigenvalue weighted by Crippen LogP contribution is -1.88. The molecule has 0 amide bonds. The normalized spacial score (nSPS) is 10.5. The van der Waals surface area contributed by atoms with Crippen molar-refractivity contribution in [3.8, 4) is 0 Å². The lowest BCUT2D eigenvalue weighted by atomic mass is 10.1. The van der Waals surface area contributed by atoms with E-state index < -0.39 is 0 Å². The van der Waals surface area contributed by atoms with E-state index >= 15 is 0 Å². The minimum Gasteiger partial charge on any atom is -0.399 e. The van der Waals surface area contributed by atoms with Crippen LogP contribution in [-0.2, 0) is 6.42 Å². The molecule has 1 rings (SSSR count). The maximum Gasteiger partial charge on any atom is 0.0241 e. The van der Waals surface area contributed by atoms with Gasteiger partial charge < -0.3 is 5.73 Å². The molecule has 1 heteroatoms. The second kappa shape index (κ2) is 4.51. The third kappa shape index (κ3) is 3.16. The molecule has 0 saturated heterocycles. The van der Waals surface area contributed by atoms with E-state index in [0.29, 0.717) is 5.70 Å². The average Bonchev–Trinajstić information content (AvgIpc) is 2.15. The van der Waals surface area contributed by atoms with Crippen LogP contribution in [0.4, 0.5) is 0 Å². The maximum atomic E-state index is 5.42. The number of allylic oxidation sites excluding steroid dienone is 1. The fourth-order valence-corrected chi connectivity index (χ4v) is 1.07. The van der Waals surface area contributed by atoms with Crippen LogP contribution >= 0.6 is 0 Å². The molecule has 0 saturated carbocycles. The van der Waals surface area contributed by atoms with Crippen molar-refractivity contribution >= 4 is 6.08 Å². The van der Waals surface area contributed by atoms with Crippen molar-refractivity contribution < 1.29 is 0 Å². The van der Waals surface area contributed by atoms with Crippen LogP contribution in [-0.4, -0.2) is 0 Å². The molecule has 0 radical (unpaired) electrons. The fraction of sp³-hybridized carbons (Fsp3) is 0.167. The molecule has 0 aliphatic carbocycles. The quantitative estimate of drug-likeness (QED) is 0.699. The highest BCUT2D eigenvalue weighted by molar-refractivity contribution is 5.52. The Labute approximate surface area is 79.6 Å². The van der Waals surface area contributed by atoms with E-state index in [2.05, 4.69) is 37.8 Å². The Morgan fingerprint density at radius 2 is 2.00 bits per heavy atom. The minimum atomic E-state index is 0.583. The Balaban J connectivity index is 2.75. The maximum absolute atomic E-state index is 5.42. The van der Waals surface area contributed by atoms with Crippen molar-refractivity contribution in [3.63, 3.8) is 0 Å². The van der Waals surface area contributed by atoms with Crippen LogP contribution in [0.5, 0.6) is 0 Å². The summed E-state index contributed by atoms with van der Waals surface area (Å²) in [5, 5.41) is 0. The summed E-state index contributed by atoms with van der Waals surface area (Å²) in [6.07, 6.45) is 4.84. The summed E-state index contributed by atoms with van der Waals surface area (Å²) in [4.78, 5) is 0. The van der Waals surface area contributed by atoms with Crippen molar-refractivity contribution in [3.05, 3.63) is 53.7 Å². The zero-order valence-electron chi connectivity index (χ0n) is 7.96. The highest BCUT2D eigenvalue weighted by atomic mass is 14.5. The third-order valence-electron chi connectivity index (χ3n) is 1.88. The predicted molar refractivity (Wildman–Crippen MR) is 58.2 cm³/mol. The SMILES string of the molecule is C=C(N)/C=C/c1ccc(CC)cc1. The minimum absolute atomic E-state index is 0.583. The molecule has 1 aromatic rings. The molecule has 0 bridgehead atoms. The van der Waals surface area contributed by atoms with Gasteiger partial charge in [0.2, 0.25) is 0 Å². The molecule has 0 aromatic heterocycles. The summed E-state index contributed by atoms with van der Waals surface area (Å²) in [6, 6.07) is 8.41. The summed E-state index contributed by atoms with van der Waals surface area (Å²) in [7, 11) is 0. The first kappa shape index (κ1) is 9.59. The Kier molecular flexibility index (Phi) is 3.32. The molecule has 0 atom stereocenters. The molecule has 1 aromatic carbocycles. The first-order chi connectivity index (χ1) is 6.22.